The van der Waals surface area contributed by atoms with Crippen LogP contribution in [0.5, 0.6) is 11.5 Å². The molecule has 39 heavy (non-hydrogen) atoms. The summed E-state index contributed by atoms with van der Waals surface area (Å²) in [5.41, 5.74) is 1.68. The smallest absolute Gasteiger partial charge is 0.337 e. The van der Waals surface area contributed by atoms with Gasteiger partial charge < -0.3 is 18.9 Å². The fourth-order valence-corrected chi connectivity index (χ4v) is 4.77. The average molecular weight is 549 g/mol. The summed E-state index contributed by atoms with van der Waals surface area (Å²) in [5.74, 6) is 1.16. The number of carbonyl (C=O) groups excluding carboxylic acids is 2. The Kier molecular flexibility index (Phi) is 13.0. The van der Waals surface area contributed by atoms with E-state index < -0.39 is 0 Å². The van der Waals surface area contributed by atoms with Crippen molar-refractivity contribution in [3.8, 4) is 11.5 Å². The molecule has 6 nitrogen and oxygen atoms in total. The van der Waals surface area contributed by atoms with Crippen LogP contribution in [0.4, 0.5) is 0 Å². The SMILES string of the molecule is COC(=O)CCC(/C=C\Cc1ccc(OCCCCOc2ccccc2)cc1)Sc1ccc(C(=O)OC)cc1. The molecule has 0 saturated heterocycles. The van der Waals surface area contributed by atoms with Gasteiger partial charge >= 0.3 is 11.9 Å². The van der Waals surface area contributed by atoms with Crippen LogP contribution in [-0.2, 0) is 20.7 Å². The Morgan fingerprint density at radius 2 is 1.44 bits per heavy atom. The number of methoxy groups -OCH3 is 2. The Balaban J connectivity index is 1.44. The lowest BCUT2D eigenvalue weighted by molar-refractivity contribution is -0.140. The Morgan fingerprint density at radius 1 is 0.795 bits per heavy atom. The molecule has 3 rings (SSSR count). The number of thioether (sulfide) groups is 1. The van der Waals surface area contributed by atoms with Gasteiger partial charge in [0, 0.05) is 16.6 Å². The highest BCUT2D eigenvalue weighted by atomic mass is 32.2. The Hall–Kier alpha value is -3.71. The van der Waals surface area contributed by atoms with Crippen molar-refractivity contribution in [1.29, 1.82) is 0 Å². The zero-order valence-corrected chi connectivity index (χ0v) is 23.4. The van der Waals surface area contributed by atoms with E-state index in [0.717, 1.165) is 35.7 Å². The van der Waals surface area contributed by atoms with Gasteiger partial charge in [0.2, 0.25) is 0 Å². The van der Waals surface area contributed by atoms with E-state index in [-0.39, 0.29) is 17.2 Å². The molecule has 1 atom stereocenters. The van der Waals surface area contributed by atoms with Gasteiger partial charge in [-0.3, -0.25) is 4.79 Å². The fraction of sp³-hybridized carbons (Fsp3) is 0.312. The van der Waals surface area contributed by atoms with Crippen LogP contribution in [0, 0.1) is 0 Å². The largest absolute Gasteiger partial charge is 0.494 e. The molecule has 0 radical (unpaired) electrons. The predicted molar refractivity (Wildman–Crippen MR) is 155 cm³/mol. The van der Waals surface area contributed by atoms with Crippen LogP contribution in [0.15, 0.2) is 95.9 Å². The lowest BCUT2D eigenvalue weighted by Crippen LogP contribution is -2.06. The molecule has 0 aliphatic rings. The maximum atomic E-state index is 11.7. The van der Waals surface area contributed by atoms with Crippen LogP contribution < -0.4 is 9.47 Å². The first kappa shape index (κ1) is 29.8. The third-order valence-corrected chi connectivity index (χ3v) is 7.11. The van der Waals surface area contributed by atoms with Crippen LogP contribution in [0.2, 0.25) is 0 Å². The van der Waals surface area contributed by atoms with Crippen molar-refractivity contribution in [3.63, 3.8) is 0 Å². The quantitative estimate of drug-likeness (QED) is 0.0832. The van der Waals surface area contributed by atoms with Crippen molar-refractivity contribution in [3.05, 3.63) is 102 Å². The van der Waals surface area contributed by atoms with Crippen molar-refractivity contribution in [2.75, 3.05) is 27.4 Å². The molecule has 0 bridgehead atoms. The number of hydrogen-bond acceptors (Lipinski definition) is 7. The zero-order valence-electron chi connectivity index (χ0n) is 22.5. The van der Waals surface area contributed by atoms with Gasteiger partial charge in [0.25, 0.3) is 0 Å². The number of hydrogen-bond donors (Lipinski definition) is 0. The van der Waals surface area contributed by atoms with Gasteiger partial charge in [0.1, 0.15) is 11.5 Å². The van der Waals surface area contributed by atoms with Crippen LogP contribution in [0.3, 0.4) is 0 Å². The standard InChI is InChI=1S/C32H36O6S/c1-35-31(33)22-21-29(39-30-19-15-26(16-20-30)32(34)36-2)12-8-9-25-13-17-28(18-14-25)38-24-7-6-23-37-27-10-4-3-5-11-27/h3-5,8,10-20,29H,6-7,9,21-24H2,1-2H3/b12-8-. The molecule has 0 spiro atoms. The van der Waals surface area contributed by atoms with E-state index in [2.05, 4.69) is 24.3 Å². The van der Waals surface area contributed by atoms with Gasteiger partial charge in [-0.1, -0.05) is 42.5 Å². The summed E-state index contributed by atoms with van der Waals surface area (Å²) in [6, 6.07) is 25.2. The monoisotopic (exact) mass is 548 g/mol. The van der Waals surface area contributed by atoms with E-state index in [9.17, 15) is 9.59 Å². The molecule has 0 N–H and O–H groups in total. The number of carbonyl (C=O) groups is 2. The minimum atomic E-state index is -0.362. The summed E-state index contributed by atoms with van der Waals surface area (Å²) in [6.45, 7) is 1.33. The first-order chi connectivity index (χ1) is 19.1. The molecule has 0 aromatic heterocycles. The lowest BCUT2D eigenvalue weighted by atomic mass is 10.1. The molecule has 3 aromatic rings. The number of rotatable bonds is 16. The summed E-state index contributed by atoms with van der Waals surface area (Å²) < 4.78 is 21.2. The van der Waals surface area contributed by atoms with E-state index in [1.54, 1.807) is 23.9 Å². The number of para-hydroxylation sites is 1. The summed E-state index contributed by atoms with van der Waals surface area (Å²) in [4.78, 5) is 24.4. The summed E-state index contributed by atoms with van der Waals surface area (Å²) in [5, 5.41) is 0.0848. The van der Waals surface area contributed by atoms with Gasteiger partial charge in [0.15, 0.2) is 0 Å². The summed E-state index contributed by atoms with van der Waals surface area (Å²) in [7, 11) is 2.77. The molecule has 3 aromatic carbocycles. The van der Waals surface area contributed by atoms with Crippen molar-refractivity contribution in [2.24, 2.45) is 0 Å². The van der Waals surface area contributed by atoms with Crippen LogP contribution in [-0.4, -0.2) is 44.6 Å². The van der Waals surface area contributed by atoms with Crippen LogP contribution in [0.25, 0.3) is 0 Å². The van der Waals surface area contributed by atoms with Gasteiger partial charge in [-0.25, -0.2) is 4.79 Å². The van der Waals surface area contributed by atoms with E-state index in [0.29, 0.717) is 31.6 Å². The normalized spacial score (nSPS) is 11.6. The lowest BCUT2D eigenvalue weighted by Gasteiger charge is -2.12. The number of allylic oxidation sites excluding steroid dienone is 1. The maximum absolute atomic E-state index is 11.7. The summed E-state index contributed by atoms with van der Waals surface area (Å²) >= 11 is 1.64. The second kappa shape index (κ2) is 17.0. The molecular weight excluding hydrogens is 512 g/mol. The third-order valence-electron chi connectivity index (χ3n) is 5.87. The third kappa shape index (κ3) is 11.3. The number of benzene rings is 3. The minimum Gasteiger partial charge on any atom is -0.494 e. The zero-order chi connectivity index (χ0) is 27.7. The molecular formula is C32H36O6S. The number of unbranched alkanes of at least 4 members (excludes halogenated alkanes) is 1. The van der Waals surface area contributed by atoms with Crippen molar-refractivity contribution >= 4 is 23.7 Å². The molecule has 7 heteroatoms. The molecule has 0 aliphatic carbocycles. The van der Waals surface area contributed by atoms with Crippen LogP contribution >= 0.6 is 11.8 Å². The predicted octanol–water partition coefficient (Wildman–Crippen LogP) is 6.92. The molecule has 1 unspecified atom stereocenters. The highest BCUT2D eigenvalue weighted by Crippen LogP contribution is 2.28. The molecule has 0 aliphatic heterocycles. The van der Waals surface area contributed by atoms with E-state index in [4.69, 9.17) is 18.9 Å². The summed E-state index contributed by atoms with van der Waals surface area (Å²) in [6.07, 6.45) is 7.87. The van der Waals surface area contributed by atoms with Crippen molar-refractivity contribution in [1.82, 2.24) is 0 Å². The van der Waals surface area contributed by atoms with E-state index in [1.165, 1.54) is 19.8 Å². The Morgan fingerprint density at radius 3 is 2.05 bits per heavy atom. The second-order valence-corrected chi connectivity index (χ2v) is 10.1. The van der Waals surface area contributed by atoms with E-state index >= 15 is 0 Å². The first-order valence-electron chi connectivity index (χ1n) is 13.1. The Labute approximate surface area is 235 Å². The molecule has 0 heterocycles. The van der Waals surface area contributed by atoms with Gasteiger partial charge in [-0.2, -0.15) is 0 Å². The highest BCUT2D eigenvalue weighted by molar-refractivity contribution is 8.00. The molecule has 206 valence electrons. The fourth-order valence-electron chi connectivity index (χ4n) is 3.70. The van der Waals surface area contributed by atoms with Crippen molar-refractivity contribution < 1.29 is 28.5 Å². The highest BCUT2D eigenvalue weighted by Gasteiger charge is 2.12. The topological polar surface area (TPSA) is 71.1 Å². The maximum Gasteiger partial charge on any atom is 0.337 e. The molecule has 0 amide bonds. The number of ether oxygens (including phenoxy) is 4. The van der Waals surface area contributed by atoms with E-state index in [1.807, 2.05) is 54.6 Å². The molecule has 0 saturated carbocycles. The number of esters is 2. The average Bonchev–Trinajstić information content (AvgIpc) is 2.98. The first-order valence-corrected chi connectivity index (χ1v) is 13.9. The Bertz CT molecular complexity index is 1160. The van der Waals surface area contributed by atoms with Crippen molar-refractivity contribution in [2.45, 2.75) is 42.2 Å². The molecule has 0 fully saturated rings. The second-order valence-electron chi connectivity index (χ2n) is 8.78. The van der Waals surface area contributed by atoms with Gasteiger partial charge in [-0.05, 0) is 79.8 Å². The van der Waals surface area contributed by atoms with Gasteiger partial charge in [0.05, 0.1) is 33.0 Å². The minimum absolute atomic E-state index is 0.0848. The van der Waals surface area contributed by atoms with Gasteiger partial charge in [-0.15, -0.1) is 11.8 Å². The van der Waals surface area contributed by atoms with Crippen LogP contribution in [0.1, 0.15) is 41.6 Å².